The van der Waals surface area contributed by atoms with Crippen LogP contribution in [0.25, 0.3) is 0 Å². The molecule has 1 aromatic heterocycles. The Balaban J connectivity index is 2.58. The largest absolute Gasteiger partial charge is 0.469 e. The molecule has 0 amide bonds. The fourth-order valence-corrected chi connectivity index (χ4v) is 1.30. The Hall–Kier alpha value is -0.720. The van der Waals surface area contributed by atoms with Gasteiger partial charge in [0.2, 0.25) is 0 Å². The third kappa shape index (κ3) is 2.91. The molecule has 1 heteroatoms. The Morgan fingerprint density at radius 1 is 1.31 bits per heavy atom. The van der Waals surface area contributed by atoms with Crippen LogP contribution in [0.5, 0.6) is 0 Å². The van der Waals surface area contributed by atoms with E-state index in [1.165, 1.54) is 12.0 Å². The Morgan fingerprint density at radius 3 is 2.46 bits per heavy atom. The van der Waals surface area contributed by atoms with E-state index in [0.717, 1.165) is 18.1 Å². The van der Waals surface area contributed by atoms with Gasteiger partial charge in [-0.2, -0.15) is 0 Å². The summed E-state index contributed by atoms with van der Waals surface area (Å²) in [6.45, 7) is 8.87. The van der Waals surface area contributed by atoms with Crippen LogP contribution in [0.3, 0.4) is 0 Å². The lowest BCUT2D eigenvalue weighted by Gasteiger charge is -2.03. The molecule has 0 spiro atoms. The van der Waals surface area contributed by atoms with Crippen LogP contribution < -0.4 is 0 Å². The molecule has 1 rings (SSSR count). The maximum atomic E-state index is 5.50. The van der Waals surface area contributed by atoms with Gasteiger partial charge in [-0.05, 0) is 23.5 Å². The van der Waals surface area contributed by atoms with Crippen molar-refractivity contribution in [2.75, 3.05) is 0 Å². The lowest BCUT2D eigenvalue weighted by atomic mass is 10.0. The first-order chi connectivity index (χ1) is 6.13. The summed E-state index contributed by atoms with van der Waals surface area (Å²) in [7, 11) is 0. The minimum absolute atomic E-state index is 0.578. The van der Waals surface area contributed by atoms with Crippen LogP contribution in [0.1, 0.15) is 51.4 Å². The van der Waals surface area contributed by atoms with E-state index < -0.39 is 0 Å². The highest BCUT2D eigenvalue weighted by molar-refractivity contribution is 5.16. The van der Waals surface area contributed by atoms with Gasteiger partial charge in [0.05, 0.1) is 6.26 Å². The van der Waals surface area contributed by atoms with Crippen molar-refractivity contribution in [1.82, 2.24) is 0 Å². The van der Waals surface area contributed by atoms with E-state index in [2.05, 4.69) is 33.8 Å². The lowest BCUT2D eigenvalue weighted by Crippen LogP contribution is -1.95. The third-order valence-electron chi connectivity index (χ3n) is 2.59. The maximum Gasteiger partial charge on any atom is 0.104 e. The topological polar surface area (TPSA) is 13.1 Å². The fourth-order valence-electron chi connectivity index (χ4n) is 1.30. The predicted molar refractivity (Wildman–Crippen MR) is 56.0 cm³/mol. The highest BCUT2D eigenvalue weighted by Gasteiger charge is 2.07. The highest BCUT2D eigenvalue weighted by Crippen LogP contribution is 2.20. The van der Waals surface area contributed by atoms with Gasteiger partial charge in [-0.15, -0.1) is 0 Å². The Morgan fingerprint density at radius 2 is 2.00 bits per heavy atom. The second-order valence-corrected chi connectivity index (χ2v) is 4.22. The number of rotatable bonds is 4. The molecule has 1 heterocycles. The third-order valence-corrected chi connectivity index (χ3v) is 2.59. The van der Waals surface area contributed by atoms with Gasteiger partial charge in [0.1, 0.15) is 5.76 Å². The normalized spacial score (nSPS) is 13.6. The zero-order valence-electron chi connectivity index (χ0n) is 9.13. The Bertz CT molecular complexity index is 247. The van der Waals surface area contributed by atoms with Crippen LogP contribution in [-0.4, -0.2) is 0 Å². The summed E-state index contributed by atoms with van der Waals surface area (Å²) in [6, 6.07) is 2.19. The zero-order chi connectivity index (χ0) is 9.84. The van der Waals surface area contributed by atoms with E-state index in [4.69, 9.17) is 4.42 Å². The molecule has 0 saturated heterocycles. The molecule has 0 bridgehead atoms. The summed E-state index contributed by atoms with van der Waals surface area (Å²) < 4.78 is 5.50. The van der Waals surface area contributed by atoms with Crippen LogP contribution in [0.4, 0.5) is 0 Å². The van der Waals surface area contributed by atoms with E-state index in [0.29, 0.717) is 5.92 Å². The minimum atomic E-state index is 0.578. The van der Waals surface area contributed by atoms with Crippen molar-refractivity contribution in [2.24, 2.45) is 5.92 Å². The quantitative estimate of drug-likeness (QED) is 0.682. The molecular weight excluding hydrogens is 160 g/mol. The average Bonchev–Trinajstić information content (AvgIpc) is 2.52. The molecule has 0 radical (unpaired) electrons. The van der Waals surface area contributed by atoms with Crippen molar-refractivity contribution in [3.63, 3.8) is 0 Å². The number of furan rings is 1. The summed E-state index contributed by atoms with van der Waals surface area (Å²) in [5, 5.41) is 0. The summed E-state index contributed by atoms with van der Waals surface area (Å²) in [5.74, 6) is 2.44. The van der Waals surface area contributed by atoms with Crippen molar-refractivity contribution in [3.8, 4) is 0 Å². The van der Waals surface area contributed by atoms with E-state index in [1.807, 2.05) is 6.26 Å². The molecule has 1 atom stereocenters. The predicted octanol–water partition coefficient (Wildman–Crippen LogP) is 3.99. The highest BCUT2D eigenvalue weighted by atomic mass is 16.3. The Labute approximate surface area is 81.1 Å². The van der Waals surface area contributed by atoms with Gasteiger partial charge in [-0.1, -0.05) is 34.1 Å². The average molecular weight is 180 g/mol. The second kappa shape index (κ2) is 4.50. The molecular formula is C12H20O. The van der Waals surface area contributed by atoms with Gasteiger partial charge in [0, 0.05) is 6.42 Å². The first kappa shape index (κ1) is 10.4. The van der Waals surface area contributed by atoms with Gasteiger partial charge < -0.3 is 4.42 Å². The second-order valence-electron chi connectivity index (χ2n) is 4.22. The number of hydrogen-bond donors (Lipinski definition) is 0. The molecule has 0 aliphatic heterocycles. The van der Waals surface area contributed by atoms with Crippen LogP contribution in [0.15, 0.2) is 16.7 Å². The van der Waals surface area contributed by atoms with E-state index >= 15 is 0 Å². The standard InChI is InChI=1S/C12H20O/c1-5-10(4)6-12-7-11(8-13-12)9(2)3/h7-10H,5-6H2,1-4H3. The van der Waals surface area contributed by atoms with Crippen molar-refractivity contribution in [3.05, 3.63) is 23.7 Å². The van der Waals surface area contributed by atoms with Gasteiger partial charge >= 0.3 is 0 Å². The summed E-state index contributed by atoms with van der Waals surface area (Å²) in [5.41, 5.74) is 1.32. The minimum Gasteiger partial charge on any atom is -0.469 e. The van der Waals surface area contributed by atoms with Crippen LogP contribution >= 0.6 is 0 Å². The molecule has 13 heavy (non-hydrogen) atoms. The molecule has 0 aliphatic carbocycles. The van der Waals surface area contributed by atoms with E-state index in [-0.39, 0.29) is 0 Å². The van der Waals surface area contributed by atoms with Gasteiger partial charge in [0.25, 0.3) is 0 Å². The molecule has 0 aliphatic rings. The lowest BCUT2D eigenvalue weighted by molar-refractivity contribution is 0.449. The molecule has 0 saturated carbocycles. The molecule has 1 nitrogen and oxygen atoms in total. The Kier molecular flexibility index (Phi) is 3.58. The molecule has 1 aromatic rings. The summed E-state index contributed by atoms with van der Waals surface area (Å²) in [4.78, 5) is 0. The number of hydrogen-bond acceptors (Lipinski definition) is 1. The SMILES string of the molecule is CCC(C)Cc1cc(C(C)C)co1. The van der Waals surface area contributed by atoms with Crippen LogP contribution in [0.2, 0.25) is 0 Å². The van der Waals surface area contributed by atoms with Crippen LogP contribution in [-0.2, 0) is 6.42 Å². The summed E-state index contributed by atoms with van der Waals surface area (Å²) in [6.07, 6.45) is 4.18. The zero-order valence-corrected chi connectivity index (χ0v) is 9.13. The van der Waals surface area contributed by atoms with Gasteiger partial charge in [-0.3, -0.25) is 0 Å². The van der Waals surface area contributed by atoms with E-state index in [1.54, 1.807) is 0 Å². The van der Waals surface area contributed by atoms with Crippen molar-refractivity contribution in [1.29, 1.82) is 0 Å². The maximum absolute atomic E-state index is 5.50. The van der Waals surface area contributed by atoms with Crippen LogP contribution in [0, 0.1) is 5.92 Å². The van der Waals surface area contributed by atoms with E-state index in [9.17, 15) is 0 Å². The van der Waals surface area contributed by atoms with Crippen molar-refractivity contribution < 1.29 is 4.42 Å². The molecule has 0 fully saturated rings. The first-order valence-corrected chi connectivity index (χ1v) is 5.20. The smallest absolute Gasteiger partial charge is 0.104 e. The monoisotopic (exact) mass is 180 g/mol. The first-order valence-electron chi connectivity index (χ1n) is 5.20. The fraction of sp³-hybridized carbons (Fsp3) is 0.667. The molecule has 1 unspecified atom stereocenters. The van der Waals surface area contributed by atoms with Crippen molar-refractivity contribution in [2.45, 2.75) is 46.5 Å². The molecule has 0 N–H and O–H groups in total. The van der Waals surface area contributed by atoms with Crippen molar-refractivity contribution >= 4 is 0 Å². The summed E-state index contributed by atoms with van der Waals surface area (Å²) >= 11 is 0. The van der Waals surface area contributed by atoms with Gasteiger partial charge in [-0.25, -0.2) is 0 Å². The van der Waals surface area contributed by atoms with Gasteiger partial charge in [0.15, 0.2) is 0 Å². The molecule has 0 aromatic carbocycles. The molecule has 74 valence electrons.